The van der Waals surface area contributed by atoms with Crippen molar-refractivity contribution in [3.8, 4) is 0 Å². The van der Waals surface area contributed by atoms with Gasteiger partial charge in [0.05, 0.1) is 0 Å². The molecule has 0 atom stereocenters. The van der Waals surface area contributed by atoms with Crippen LogP contribution in [0.25, 0.3) is 0 Å². The van der Waals surface area contributed by atoms with Crippen molar-refractivity contribution in [2.24, 2.45) is 7.05 Å². The Morgan fingerprint density at radius 2 is 2.16 bits per heavy atom. The first-order valence-electron chi connectivity index (χ1n) is 6.50. The van der Waals surface area contributed by atoms with Crippen molar-refractivity contribution >= 4 is 17.6 Å². The summed E-state index contributed by atoms with van der Waals surface area (Å²) >= 11 is 1.56. The highest BCUT2D eigenvalue weighted by molar-refractivity contribution is 7.99. The van der Waals surface area contributed by atoms with Gasteiger partial charge in [-0.05, 0) is 25.1 Å². The third-order valence-electron chi connectivity index (χ3n) is 2.55. The molecule has 2 aromatic heterocycles. The lowest BCUT2D eigenvalue weighted by molar-refractivity contribution is 0.782. The molecule has 6 heteroatoms. The Bertz CT molecular complexity index is 513. The maximum Gasteiger partial charge on any atom is 0.174 e. The molecule has 0 aliphatic heterocycles. The van der Waals surface area contributed by atoms with Crippen LogP contribution in [-0.4, -0.2) is 26.1 Å². The number of anilines is 1. The van der Waals surface area contributed by atoms with Crippen LogP contribution in [0.3, 0.4) is 0 Å². The van der Waals surface area contributed by atoms with Gasteiger partial charge in [-0.15, -0.1) is 0 Å². The summed E-state index contributed by atoms with van der Waals surface area (Å²) in [6.07, 6.45) is 5.67. The second-order valence-electron chi connectivity index (χ2n) is 4.21. The average molecular weight is 277 g/mol. The van der Waals surface area contributed by atoms with Gasteiger partial charge in [-0.25, -0.2) is 15.0 Å². The van der Waals surface area contributed by atoms with Gasteiger partial charge in [-0.1, -0.05) is 6.92 Å². The van der Waals surface area contributed by atoms with Crippen molar-refractivity contribution in [3.05, 3.63) is 24.3 Å². The van der Waals surface area contributed by atoms with E-state index in [4.69, 9.17) is 0 Å². The minimum atomic E-state index is 0.856. The summed E-state index contributed by atoms with van der Waals surface area (Å²) in [6.45, 7) is 5.05. The Labute approximate surface area is 117 Å². The Balaban J connectivity index is 2.25. The Morgan fingerprint density at radius 3 is 2.79 bits per heavy atom. The number of aromatic nitrogens is 4. The summed E-state index contributed by atoms with van der Waals surface area (Å²) in [5, 5.41) is 5.12. The van der Waals surface area contributed by atoms with E-state index >= 15 is 0 Å². The predicted octanol–water partition coefficient (Wildman–Crippen LogP) is 2.75. The number of rotatable bonds is 6. The first-order chi connectivity index (χ1) is 9.22. The largest absolute Gasteiger partial charge is 0.370 e. The zero-order chi connectivity index (χ0) is 13.7. The molecule has 0 bridgehead atoms. The molecule has 0 spiro atoms. The molecule has 0 aromatic carbocycles. The summed E-state index contributed by atoms with van der Waals surface area (Å²) in [4.78, 5) is 13.4. The highest BCUT2D eigenvalue weighted by Gasteiger charge is 2.08. The monoisotopic (exact) mass is 277 g/mol. The van der Waals surface area contributed by atoms with Crippen LogP contribution >= 0.6 is 11.8 Å². The first kappa shape index (κ1) is 13.9. The molecule has 0 amide bonds. The quantitative estimate of drug-likeness (QED) is 0.823. The van der Waals surface area contributed by atoms with Crippen LogP contribution in [-0.2, 0) is 13.5 Å². The smallest absolute Gasteiger partial charge is 0.174 e. The molecular formula is C13H19N5S. The SMILES string of the molecule is CCCc1nc(NCC)cc(Sc2nccn2C)n1. The van der Waals surface area contributed by atoms with Crippen molar-refractivity contribution in [2.75, 3.05) is 11.9 Å². The van der Waals surface area contributed by atoms with Gasteiger partial charge in [0, 0.05) is 38.5 Å². The minimum absolute atomic E-state index is 0.856. The second-order valence-corrected chi connectivity index (χ2v) is 5.20. The summed E-state index contributed by atoms with van der Waals surface area (Å²) in [5.74, 6) is 1.77. The summed E-state index contributed by atoms with van der Waals surface area (Å²) in [6, 6.07) is 1.97. The van der Waals surface area contributed by atoms with E-state index in [9.17, 15) is 0 Å². The van der Waals surface area contributed by atoms with Crippen LogP contribution in [0.4, 0.5) is 5.82 Å². The fourth-order valence-electron chi connectivity index (χ4n) is 1.68. The molecule has 2 aromatic rings. The van der Waals surface area contributed by atoms with Crippen molar-refractivity contribution in [1.29, 1.82) is 0 Å². The molecule has 19 heavy (non-hydrogen) atoms. The molecule has 0 aliphatic carbocycles. The Hall–Kier alpha value is -1.56. The van der Waals surface area contributed by atoms with Gasteiger partial charge in [0.2, 0.25) is 0 Å². The molecule has 0 saturated carbocycles. The molecule has 0 fully saturated rings. The minimum Gasteiger partial charge on any atom is -0.370 e. The number of hydrogen-bond acceptors (Lipinski definition) is 5. The van der Waals surface area contributed by atoms with Gasteiger partial charge < -0.3 is 9.88 Å². The second kappa shape index (κ2) is 6.56. The molecule has 1 N–H and O–H groups in total. The summed E-state index contributed by atoms with van der Waals surface area (Å²) < 4.78 is 1.99. The van der Waals surface area contributed by atoms with Crippen molar-refractivity contribution in [1.82, 2.24) is 19.5 Å². The number of nitrogens with zero attached hydrogens (tertiary/aromatic N) is 4. The maximum absolute atomic E-state index is 4.58. The van der Waals surface area contributed by atoms with E-state index < -0.39 is 0 Å². The molecular weight excluding hydrogens is 258 g/mol. The zero-order valence-corrected chi connectivity index (χ0v) is 12.4. The van der Waals surface area contributed by atoms with Crippen LogP contribution in [0.15, 0.2) is 28.6 Å². The van der Waals surface area contributed by atoms with Gasteiger partial charge in [-0.2, -0.15) is 0 Å². The first-order valence-corrected chi connectivity index (χ1v) is 7.31. The molecule has 102 valence electrons. The lowest BCUT2D eigenvalue weighted by Gasteiger charge is -2.08. The number of nitrogens with one attached hydrogen (secondary N) is 1. The number of hydrogen-bond donors (Lipinski definition) is 1. The van der Waals surface area contributed by atoms with Crippen LogP contribution in [0.1, 0.15) is 26.1 Å². The lowest BCUT2D eigenvalue weighted by Crippen LogP contribution is -2.04. The van der Waals surface area contributed by atoms with E-state index in [0.29, 0.717) is 0 Å². The van der Waals surface area contributed by atoms with Gasteiger partial charge in [0.25, 0.3) is 0 Å². The fourth-order valence-corrected chi connectivity index (χ4v) is 2.50. The Morgan fingerprint density at radius 1 is 1.32 bits per heavy atom. The highest BCUT2D eigenvalue weighted by atomic mass is 32.2. The van der Waals surface area contributed by atoms with Gasteiger partial charge in [0.1, 0.15) is 16.7 Å². The third kappa shape index (κ3) is 3.70. The van der Waals surface area contributed by atoms with E-state index in [1.807, 2.05) is 23.9 Å². The van der Waals surface area contributed by atoms with Crippen LogP contribution < -0.4 is 5.32 Å². The van der Waals surface area contributed by atoms with Crippen LogP contribution in [0.5, 0.6) is 0 Å². The maximum atomic E-state index is 4.58. The Kier molecular flexibility index (Phi) is 4.79. The normalized spacial score (nSPS) is 10.7. The third-order valence-corrected chi connectivity index (χ3v) is 3.55. The van der Waals surface area contributed by atoms with Gasteiger partial charge in [-0.3, -0.25) is 0 Å². The van der Waals surface area contributed by atoms with Crippen molar-refractivity contribution in [3.63, 3.8) is 0 Å². The standard InChI is InChI=1S/C13H19N5S/c1-4-6-10-16-11(14-5-2)9-12(17-10)19-13-15-7-8-18(13)3/h7-9H,4-6H2,1-3H3,(H,14,16,17). The van der Waals surface area contributed by atoms with E-state index in [2.05, 4.69) is 34.1 Å². The van der Waals surface area contributed by atoms with E-state index in [0.717, 1.165) is 41.2 Å². The van der Waals surface area contributed by atoms with Crippen LogP contribution in [0.2, 0.25) is 0 Å². The molecule has 5 nitrogen and oxygen atoms in total. The molecule has 0 aliphatic rings. The van der Waals surface area contributed by atoms with E-state index in [1.54, 1.807) is 18.0 Å². The van der Waals surface area contributed by atoms with Crippen molar-refractivity contribution < 1.29 is 0 Å². The van der Waals surface area contributed by atoms with Gasteiger partial charge in [0.15, 0.2) is 5.16 Å². The highest BCUT2D eigenvalue weighted by Crippen LogP contribution is 2.25. The summed E-state index contributed by atoms with van der Waals surface area (Å²) in [5.41, 5.74) is 0. The predicted molar refractivity (Wildman–Crippen MR) is 77.5 cm³/mol. The van der Waals surface area contributed by atoms with Crippen molar-refractivity contribution in [2.45, 2.75) is 36.9 Å². The summed E-state index contributed by atoms with van der Waals surface area (Å²) in [7, 11) is 1.98. The molecule has 0 saturated heterocycles. The molecule has 2 rings (SSSR count). The average Bonchev–Trinajstić information content (AvgIpc) is 2.76. The molecule has 0 unspecified atom stereocenters. The van der Waals surface area contributed by atoms with E-state index in [1.165, 1.54) is 0 Å². The number of imidazole rings is 1. The molecule has 2 heterocycles. The lowest BCUT2D eigenvalue weighted by atomic mass is 10.3. The number of aryl methyl sites for hydroxylation is 2. The zero-order valence-electron chi connectivity index (χ0n) is 11.6. The van der Waals surface area contributed by atoms with Gasteiger partial charge >= 0.3 is 0 Å². The fraction of sp³-hybridized carbons (Fsp3) is 0.462. The van der Waals surface area contributed by atoms with E-state index in [-0.39, 0.29) is 0 Å². The topological polar surface area (TPSA) is 55.6 Å². The molecule has 0 radical (unpaired) electrons. The van der Waals surface area contributed by atoms with Crippen LogP contribution in [0, 0.1) is 0 Å².